The molecular formula is C18H31N7. The van der Waals surface area contributed by atoms with Gasteiger partial charge in [0.15, 0.2) is 17.4 Å². The number of hydrogen-bond donors (Lipinski definition) is 2. The smallest absolute Gasteiger partial charge is 0.191 e. The number of hydrogen-bond acceptors (Lipinski definition) is 4. The van der Waals surface area contributed by atoms with Gasteiger partial charge in [-0.15, -0.1) is 10.2 Å². The Balaban J connectivity index is 1.77. The first-order valence-corrected chi connectivity index (χ1v) is 9.01. The third-order valence-electron chi connectivity index (χ3n) is 4.23. The summed E-state index contributed by atoms with van der Waals surface area (Å²) in [5, 5.41) is 15.0. The van der Waals surface area contributed by atoms with Gasteiger partial charge in [-0.3, -0.25) is 14.3 Å². The molecule has 2 aromatic heterocycles. The Morgan fingerprint density at radius 1 is 1.16 bits per heavy atom. The number of rotatable bonds is 8. The van der Waals surface area contributed by atoms with Crippen molar-refractivity contribution in [2.24, 2.45) is 4.99 Å². The van der Waals surface area contributed by atoms with Gasteiger partial charge in [-0.2, -0.15) is 0 Å². The van der Waals surface area contributed by atoms with Gasteiger partial charge in [-0.05, 0) is 46.2 Å². The SMILES string of the molecule is CN=C(NCCCN(C(C)C)C(C)C)NCc1nnc2ccccn12. The average Bonchev–Trinajstić information content (AvgIpc) is 3.00. The van der Waals surface area contributed by atoms with Gasteiger partial charge in [0, 0.05) is 38.4 Å². The lowest BCUT2D eigenvalue weighted by Gasteiger charge is -2.30. The van der Waals surface area contributed by atoms with E-state index < -0.39 is 0 Å². The minimum atomic E-state index is 0.568. The summed E-state index contributed by atoms with van der Waals surface area (Å²) >= 11 is 0. The van der Waals surface area contributed by atoms with Gasteiger partial charge in [0.2, 0.25) is 0 Å². The molecule has 0 unspecified atom stereocenters. The Labute approximate surface area is 150 Å². The third-order valence-corrected chi connectivity index (χ3v) is 4.23. The highest BCUT2D eigenvalue weighted by atomic mass is 15.3. The zero-order valence-corrected chi connectivity index (χ0v) is 16.0. The standard InChI is InChI=1S/C18H31N7/c1-14(2)24(15(3)4)12-8-10-20-18(19-5)21-13-17-23-22-16-9-6-7-11-25(16)17/h6-7,9,11,14-15H,8,10,12-13H2,1-5H3,(H2,19,20,21). The summed E-state index contributed by atoms with van der Waals surface area (Å²) in [7, 11) is 1.78. The van der Waals surface area contributed by atoms with E-state index in [9.17, 15) is 0 Å². The second-order valence-corrected chi connectivity index (χ2v) is 6.68. The minimum absolute atomic E-state index is 0.568. The number of aromatic nitrogens is 3. The van der Waals surface area contributed by atoms with E-state index in [1.165, 1.54) is 0 Å². The third kappa shape index (κ3) is 5.42. The van der Waals surface area contributed by atoms with E-state index in [0.29, 0.717) is 18.6 Å². The summed E-state index contributed by atoms with van der Waals surface area (Å²) in [4.78, 5) is 6.78. The lowest BCUT2D eigenvalue weighted by Crippen LogP contribution is -2.41. The van der Waals surface area contributed by atoms with Crippen molar-refractivity contribution in [3.63, 3.8) is 0 Å². The predicted molar refractivity (Wildman–Crippen MR) is 103 cm³/mol. The fourth-order valence-electron chi connectivity index (χ4n) is 2.98. The van der Waals surface area contributed by atoms with Crippen LogP contribution in [0.15, 0.2) is 29.4 Å². The van der Waals surface area contributed by atoms with Crippen LogP contribution in [0.2, 0.25) is 0 Å². The molecule has 0 atom stereocenters. The molecule has 0 radical (unpaired) electrons. The molecule has 0 fully saturated rings. The van der Waals surface area contributed by atoms with E-state index in [-0.39, 0.29) is 0 Å². The van der Waals surface area contributed by atoms with E-state index in [0.717, 1.165) is 36.9 Å². The van der Waals surface area contributed by atoms with Gasteiger partial charge in [-0.1, -0.05) is 6.07 Å². The maximum Gasteiger partial charge on any atom is 0.191 e. The maximum absolute atomic E-state index is 4.28. The summed E-state index contributed by atoms with van der Waals surface area (Å²) in [6, 6.07) is 7.01. The highest BCUT2D eigenvalue weighted by Gasteiger charge is 2.12. The Bertz CT molecular complexity index is 667. The van der Waals surface area contributed by atoms with Crippen LogP contribution in [0.1, 0.15) is 39.9 Å². The van der Waals surface area contributed by atoms with Crippen molar-refractivity contribution in [3.05, 3.63) is 30.2 Å². The van der Waals surface area contributed by atoms with Crippen LogP contribution in [0.5, 0.6) is 0 Å². The molecule has 0 aliphatic heterocycles. The van der Waals surface area contributed by atoms with E-state index in [4.69, 9.17) is 0 Å². The molecule has 25 heavy (non-hydrogen) atoms. The van der Waals surface area contributed by atoms with Crippen LogP contribution >= 0.6 is 0 Å². The maximum atomic E-state index is 4.28. The molecule has 0 aliphatic rings. The lowest BCUT2D eigenvalue weighted by molar-refractivity contribution is 0.173. The number of pyridine rings is 1. The van der Waals surface area contributed by atoms with Crippen LogP contribution in [0.3, 0.4) is 0 Å². The Hall–Kier alpha value is -2.15. The first kappa shape index (κ1) is 19.2. The zero-order valence-electron chi connectivity index (χ0n) is 16.0. The van der Waals surface area contributed by atoms with Crippen molar-refractivity contribution >= 4 is 11.6 Å². The van der Waals surface area contributed by atoms with Gasteiger partial charge in [0.1, 0.15) is 0 Å². The second-order valence-electron chi connectivity index (χ2n) is 6.68. The molecule has 7 nitrogen and oxygen atoms in total. The first-order chi connectivity index (χ1) is 12.0. The summed E-state index contributed by atoms with van der Waals surface area (Å²) in [6.07, 6.45) is 3.04. The monoisotopic (exact) mass is 345 g/mol. The molecule has 0 bridgehead atoms. The second kappa shape index (κ2) is 9.36. The lowest BCUT2D eigenvalue weighted by atomic mass is 10.2. The molecule has 2 rings (SSSR count). The average molecular weight is 345 g/mol. The molecule has 0 aromatic carbocycles. The Kier molecular flexibility index (Phi) is 7.18. The van der Waals surface area contributed by atoms with Gasteiger partial charge in [0.05, 0.1) is 6.54 Å². The topological polar surface area (TPSA) is 69.8 Å². The zero-order chi connectivity index (χ0) is 18.2. The molecule has 2 heterocycles. The van der Waals surface area contributed by atoms with Crippen LogP contribution in [0, 0.1) is 0 Å². The van der Waals surface area contributed by atoms with Crippen molar-refractivity contribution in [1.29, 1.82) is 0 Å². The largest absolute Gasteiger partial charge is 0.356 e. The van der Waals surface area contributed by atoms with Crippen molar-refractivity contribution < 1.29 is 0 Å². The fraction of sp³-hybridized carbons (Fsp3) is 0.611. The number of fused-ring (bicyclic) bond motifs is 1. The highest BCUT2D eigenvalue weighted by Crippen LogP contribution is 2.05. The number of nitrogens with one attached hydrogen (secondary N) is 2. The minimum Gasteiger partial charge on any atom is -0.356 e. The number of nitrogens with zero attached hydrogens (tertiary/aromatic N) is 5. The summed E-state index contributed by atoms with van der Waals surface area (Å²) in [5.41, 5.74) is 0.852. The molecule has 0 amide bonds. The highest BCUT2D eigenvalue weighted by molar-refractivity contribution is 5.79. The quantitative estimate of drug-likeness (QED) is 0.434. The van der Waals surface area contributed by atoms with E-state index >= 15 is 0 Å². The number of aliphatic imine (C=N–C) groups is 1. The summed E-state index contributed by atoms with van der Waals surface area (Å²) in [5.74, 6) is 1.65. The fourth-order valence-corrected chi connectivity index (χ4v) is 2.98. The molecule has 2 aromatic rings. The van der Waals surface area contributed by atoms with Crippen LogP contribution in [-0.2, 0) is 6.54 Å². The van der Waals surface area contributed by atoms with Gasteiger partial charge < -0.3 is 10.6 Å². The molecule has 138 valence electrons. The summed E-state index contributed by atoms with van der Waals surface area (Å²) in [6.45, 7) is 11.5. The van der Waals surface area contributed by atoms with Gasteiger partial charge >= 0.3 is 0 Å². The van der Waals surface area contributed by atoms with Gasteiger partial charge in [0.25, 0.3) is 0 Å². The van der Waals surface area contributed by atoms with Crippen LogP contribution in [-0.4, -0.2) is 57.7 Å². The van der Waals surface area contributed by atoms with Crippen LogP contribution in [0.25, 0.3) is 5.65 Å². The van der Waals surface area contributed by atoms with Crippen LogP contribution < -0.4 is 10.6 Å². The van der Waals surface area contributed by atoms with E-state index in [1.807, 2.05) is 28.8 Å². The van der Waals surface area contributed by atoms with E-state index in [2.05, 4.69) is 58.4 Å². The normalized spacial score (nSPS) is 12.6. The summed E-state index contributed by atoms with van der Waals surface area (Å²) < 4.78 is 1.98. The van der Waals surface area contributed by atoms with Crippen molar-refractivity contribution in [1.82, 2.24) is 30.1 Å². The van der Waals surface area contributed by atoms with Crippen molar-refractivity contribution in [3.8, 4) is 0 Å². The van der Waals surface area contributed by atoms with Crippen molar-refractivity contribution in [2.75, 3.05) is 20.1 Å². The molecule has 0 aliphatic carbocycles. The molecule has 2 N–H and O–H groups in total. The number of guanidine groups is 1. The Morgan fingerprint density at radius 3 is 2.60 bits per heavy atom. The van der Waals surface area contributed by atoms with E-state index in [1.54, 1.807) is 7.05 Å². The molecule has 0 saturated heterocycles. The molecule has 7 heteroatoms. The molecule has 0 saturated carbocycles. The van der Waals surface area contributed by atoms with Crippen molar-refractivity contribution in [2.45, 2.75) is 52.7 Å². The first-order valence-electron chi connectivity index (χ1n) is 9.01. The Morgan fingerprint density at radius 2 is 1.92 bits per heavy atom. The molecule has 0 spiro atoms. The molecular weight excluding hydrogens is 314 g/mol. The predicted octanol–water partition coefficient (Wildman–Crippen LogP) is 1.90. The van der Waals surface area contributed by atoms with Crippen LogP contribution in [0.4, 0.5) is 0 Å². The van der Waals surface area contributed by atoms with Gasteiger partial charge in [-0.25, -0.2) is 0 Å².